The number of anilines is 1. The van der Waals surface area contributed by atoms with Crippen molar-refractivity contribution in [1.29, 1.82) is 0 Å². The van der Waals surface area contributed by atoms with Crippen molar-refractivity contribution in [2.24, 2.45) is 0 Å². The Balaban J connectivity index is 0.00000216. The molecule has 32 heavy (non-hydrogen) atoms. The number of ether oxygens (including phenoxy) is 2. The minimum Gasteiger partial charge on any atom is -0.454 e. The Bertz CT molecular complexity index is 1190. The Labute approximate surface area is 196 Å². The lowest BCUT2D eigenvalue weighted by molar-refractivity contribution is 0.123. The van der Waals surface area contributed by atoms with Crippen LogP contribution < -0.4 is 20.5 Å². The molecule has 1 N–H and O–H groups in total. The molecule has 1 saturated heterocycles. The van der Waals surface area contributed by atoms with Crippen LogP contribution in [0.2, 0.25) is 0 Å². The molecule has 6 rings (SSSR count). The molecule has 0 spiro atoms. The molecule has 3 aromatic rings. The van der Waals surface area contributed by atoms with Crippen LogP contribution in [0.1, 0.15) is 5.56 Å². The monoisotopic (exact) mass is 499 g/mol. The zero-order valence-electron chi connectivity index (χ0n) is 17.7. The maximum Gasteiger partial charge on any atom is 0.349 e. The number of hydrogen-bond acceptors (Lipinski definition) is 7. The topological polar surface area (TPSA) is 71.9 Å². The summed E-state index contributed by atoms with van der Waals surface area (Å²) in [7, 11) is 0. The van der Waals surface area contributed by atoms with Gasteiger partial charge in [-0.2, -0.15) is 4.98 Å². The fourth-order valence-corrected chi connectivity index (χ4v) is 4.80. The molecule has 1 unspecified atom stereocenters. The van der Waals surface area contributed by atoms with Gasteiger partial charge in [-0.3, -0.25) is 14.4 Å². The van der Waals surface area contributed by atoms with Crippen molar-refractivity contribution in [3.63, 3.8) is 0 Å². The van der Waals surface area contributed by atoms with Crippen LogP contribution in [-0.2, 0) is 13.1 Å². The highest BCUT2D eigenvalue weighted by atomic mass is 79.9. The van der Waals surface area contributed by atoms with E-state index in [2.05, 4.69) is 32.2 Å². The second-order valence-corrected chi connectivity index (χ2v) is 8.48. The predicted molar refractivity (Wildman–Crippen MR) is 128 cm³/mol. The second kappa shape index (κ2) is 8.73. The van der Waals surface area contributed by atoms with Crippen LogP contribution in [0.5, 0.6) is 11.5 Å². The summed E-state index contributed by atoms with van der Waals surface area (Å²) in [5.41, 5.74) is 1.84. The molecule has 3 aliphatic heterocycles. The first-order chi connectivity index (χ1) is 15.2. The van der Waals surface area contributed by atoms with Crippen molar-refractivity contribution in [2.75, 3.05) is 44.8 Å². The molecule has 8 nitrogen and oxygen atoms in total. The zero-order valence-corrected chi connectivity index (χ0v) is 19.4. The fourth-order valence-electron chi connectivity index (χ4n) is 4.80. The van der Waals surface area contributed by atoms with Gasteiger partial charge in [0.2, 0.25) is 6.79 Å². The predicted octanol–water partition coefficient (Wildman–Crippen LogP) is 2.31. The van der Waals surface area contributed by atoms with Crippen LogP contribution in [-0.4, -0.2) is 64.9 Å². The summed E-state index contributed by atoms with van der Waals surface area (Å²) in [5, 5.41) is 4.59. The third kappa shape index (κ3) is 3.96. The van der Waals surface area contributed by atoms with Gasteiger partial charge in [-0.05, 0) is 29.8 Å². The molecule has 2 aromatic carbocycles. The van der Waals surface area contributed by atoms with Crippen LogP contribution >= 0.6 is 17.0 Å². The molecule has 0 saturated carbocycles. The summed E-state index contributed by atoms with van der Waals surface area (Å²) in [6, 6.07) is 14.3. The van der Waals surface area contributed by atoms with Crippen molar-refractivity contribution >= 4 is 33.7 Å². The maximum absolute atomic E-state index is 12.4. The van der Waals surface area contributed by atoms with Crippen LogP contribution in [0.3, 0.4) is 0 Å². The Kier molecular flexibility index (Phi) is 5.79. The van der Waals surface area contributed by atoms with E-state index in [9.17, 15) is 4.79 Å². The SMILES string of the molecule is Br.O=c1nc2ccccc2c2n1CC(CN1CCN(Cc3ccc4c(c3)OCO4)CC1)N2. The average Bonchev–Trinajstić information content (AvgIpc) is 3.42. The van der Waals surface area contributed by atoms with E-state index >= 15 is 0 Å². The van der Waals surface area contributed by atoms with Crippen LogP contribution in [0.25, 0.3) is 10.9 Å². The molecule has 0 radical (unpaired) electrons. The fraction of sp³-hybridized carbons (Fsp3) is 0.391. The van der Waals surface area contributed by atoms with E-state index in [1.165, 1.54) is 5.56 Å². The number of nitrogens with zero attached hydrogens (tertiary/aromatic N) is 4. The number of hydrogen-bond donors (Lipinski definition) is 1. The summed E-state index contributed by atoms with van der Waals surface area (Å²) in [6.07, 6.45) is 0. The molecule has 4 heterocycles. The van der Waals surface area contributed by atoms with Crippen LogP contribution in [0, 0.1) is 0 Å². The van der Waals surface area contributed by atoms with Crippen molar-refractivity contribution < 1.29 is 9.47 Å². The van der Waals surface area contributed by atoms with Gasteiger partial charge < -0.3 is 14.8 Å². The highest BCUT2D eigenvalue weighted by molar-refractivity contribution is 8.93. The molecular formula is C23H26BrN5O3. The first-order valence-corrected chi connectivity index (χ1v) is 10.8. The van der Waals surface area contributed by atoms with E-state index in [-0.39, 0.29) is 28.7 Å². The molecule has 3 aliphatic rings. The molecule has 9 heteroatoms. The average molecular weight is 500 g/mol. The molecule has 168 valence electrons. The molecule has 0 amide bonds. The summed E-state index contributed by atoms with van der Waals surface area (Å²) in [4.78, 5) is 21.6. The van der Waals surface area contributed by atoms with Gasteiger partial charge >= 0.3 is 5.69 Å². The third-order valence-electron chi connectivity index (χ3n) is 6.41. The van der Waals surface area contributed by atoms with Crippen molar-refractivity contribution in [1.82, 2.24) is 19.4 Å². The van der Waals surface area contributed by atoms with Gasteiger partial charge in [-0.25, -0.2) is 4.79 Å². The van der Waals surface area contributed by atoms with Gasteiger partial charge in [0.15, 0.2) is 11.5 Å². The van der Waals surface area contributed by atoms with Crippen molar-refractivity contribution in [2.45, 2.75) is 19.1 Å². The Morgan fingerprint density at radius 3 is 2.66 bits per heavy atom. The highest BCUT2D eigenvalue weighted by Crippen LogP contribution is 2.33. The number of rotatable bonds is 4. The summed E-state index contributed by atoms with van der Waals surface area (Å²) in [6.45, 7) is 6.92. The molecule has 1 fully saturated rings. The van der Waals surface area contributed by atoms with E-state index in [0.29, 0.717) is 13.3 Å². The first-order valence-electron chi connectivity index (χ1n) is 10.8. The summed E-state index contributed by atoms with van der Waals surface area (Å²) < 4.78 is 12.7. The quantitative estimate of drug-likeness (QED) is 0.590. The largest absolute Gasteiger partial charge is 0.454 e. The smallest absolute Gasteiger partial charge is 0.349 e. The molecule has 1 atom stereocenters. The maximum atomic E-state index is 12.4. The Hall–Kier alpha value is -2.62. The number of fused-ring (bicyclic) bond motifs is 4. The van der Waals surface area contributed by atoms with Gasteiger partial charge in [0.1, 0.15) is 5.82 Å². The van der Waals surface area contributed by atoms with E-state index in [1.54, 1.807) is 4.57 Å². The van der Waals surface area contributed by atoms with Gasteiger partial charge in [-0.15, -0.1) is 17.0 Å². The first kappa shape index (κ1) is 21.2. The van der Waals surface area contributed by atoms with E-state index in [1.807, 2.05) is 30.3 Å². The van der Waals surface area contributed by atoms with Crippen LogP contribution in [0.15, 0.2) is 47.3 Å². The number of benzene rings is 2. The summed E-state index contributed by atoms with van der Waals surface area (Å²) >= 11 is 0. The van der Waals surface area contributed by atoms with E-state index in [4.69, 9.17) is 9.47 Å². The lowest BCUT2D eigenvalue weighted by Crippen LogP contribution is -2.49. The van der Waals surface area contributed by atoms with Crippen LogP contribution in [0.4, 0.5) is 5.82 Å². The Morgan fingerprint density at radius 2 is 1.78 bits per heavy atom. The minimum atomic E-state index is -0.169. The van der Waals surface area contributed by atoms with E-state index < -0.39 is 0 Å². The third-order valence-corrected chi connectivity index (χ3v) is 6.41. The molecule has 0 bridgehead atoms. The van der Waals surface area contributed by atoms with Gasteiger partial charge in [0.25, 0.3) is 0 Å². The normalized spacial score (nSPS) is 20.1. The number of halogens is 1. The van der Waals surface area contributed by atoms with Gasteiger partial charge in [0.05, 0.1) is 18.1 Å². The number of nitrogens with one attached hydrogen (secondary N) is 1. The van der Waals surface area contributed by atoms with Gasteiger partial charge in [-0.1, -0.05) is 18.2 Å². The second-order valence-electron chi connectivity index (χ2n) is 8.48. The number of para-hydroxylation sites is 1. The lowest BCUT2D eigenvalue weighted by Gasteiger charge is -2.35. The highest BCUT2D eigenvalue weighted by Gasteiger charge is 2.27. The van der Waals surface area contributed by atoms with Crippen molar-refractivity contribution in [3.05, 3.63) is 58.5 Å². The molecular weight excluding hydrogens is 474 g/mol. The minimum absolute atomic E-state index is 0. The van der Waals surface area contributed by atoms with Crippen molar-refractivity contribution in [3.8, 4) is 11.5 Å². The molecule has 1 aromatic heterocycles. The van der Waals surface area contributed by atoms with E-state index in [0.717, 1.165) is 67.5 Å². The zero-order chi connectivity index (χ0) is 20.8. The number of aromatic nitrogens is 2. The van der Waals surface area contributed by atoms with Gasteiger partial charge in [0, 0.05) is 44.7 Å². The molecule has 0 aliphatic carbocycles. The Morgan fingerprint density at radius 1 is 1.00 bits per heavy atom. The lowest BCUT2D eigenvalue weighted by atomic mass is 10.1. The standard InChI is InChI=1S/C23H25N5O3.BrH/c29-23-25-19-4-2-1-3-18(19)22-24-17(14-28(22)23)13-27-9-7-26(8-10-27)12-16-5-6-20-21(11-16)31-15-30-20;/h1-6,11,17,24H,7-10,12-15H2;1H. The number of piperazine rings is 1. The summed E-state index contributed by atoms with van der Waals surface area (Å²) in [5.74, 6) is 2.59.